The highest BCUT2D eigenvalue weighted by molar-refractivity contribution is 5.96. The molecule has 0 saturated carbocycles. The van der Waals surface area contributed by atoms with Gasteiger partial charge in [-0.05, 0) is 19.1 Å². The van der Waals surface area contributed by atoms with E-state index in [9.17, 15) is 19.7 Å². The Balaban J connectivity index is 2.38. The first-order chi connectivity index (χ1) is 10.1. The Morgan fingerprint density at radius 3 is 2.62 bits per heavy atom. The summed E-state index contributed by atoms with van der Waals surface area (Å²) >= 11 is 0. The minimum atomic E-state index is -0.694. The maximum absolute atomic E-state index is 11.7. The van der Waals surface area contributed by atoms with Gasteiger partial charge in [0.25, 0.3) is 5.69 Å². The average molecular weight is 289 g/mol. The van der Waals surface area contributed by atoms with Gasteiger partial charge in [-0.3, -0.25) is 14.9 Å². The second-order valence-electron chi connectivity index (χ2n) is 3.99. The van der Waals surface area contributed by atoms with Crippen molar-refractivity contribution >= 4 is 17.9 Å². The molecule has 21 heavy (non-hydrogen) atoms. The molecule has 0 radical (unpaired) electrons. The van der Waals surface area contributed by atoms with Crippen LogP contribution in [0.4, 0.5) is 5.69 Å². The number of hydrogen-bond acceptors (Lipinski definition) is 6. The van der Waals surface area contributed by atoms with E-state index in [1.54, 1.807) is 6.92 Å². The van der Waals surface area contributed by atoms with Crippen LogP contribution >= 0.6 is 0 Å². The number of ether oxygens (including phenoxy) is 1. The Hall–Kier alpha value is -3.03. The van der Waals surface area contributed by atoms with Gasteiger partial charge in [0.05, 0.1) is 22.8 Å². The van der Waals surface area contributed by atoms with Crippen LogP contribution in [0.1, 0.15) is 27.8 Å². The van der Waals surface area contributed by atoms with E-state index in [-0.39, 0.29) is 23.6 Å². The highest BCUT2D eigenvalue weighted by atomic mass is 16.6. The first-order valence-electron chi connectivity index (χ1n) is 6.03. The molecule has 0 aliphatic heterocycles. The van der Waals surface area contributed by atoms with Gasteiger partial charge in [0.15, 0.2) is 12.0 Å². The maximum atomic E-state index is 11.7. The van der Waals surface area contributed by atoms with Crippen molar-refractivity contribution < 1.29 is 19.2 Å². The van der Waals surface area contributed by atoms with Crippen LogP contribution in [0.5, 0.6) is 0 Å². The number of esters is 1. The Labute approximate surface area is 119 Å². The first-order valence-corrected chi connectivity index (χ1v) is 6.03. The molecule has 0 amide bonds. The lowest BCUT2D eigenvalue weighted by molar-refractivity contribution is -0.384. The predicted octanol–water partition coefficient (Wildman–Crippen LogP) is 1.77. The molecule has 0 aliphatic carbocycles. The second kappa shape index (κ2) is 5.95. The summed E-state index contributed by atoms with van der Waals surface area (Å²) in [4.78, 5) is 32.7. The fourth-order valence-corrected chi connectivity index (χ4v) is 1.69. The maximum Gasteiger partial charge on any atom is 0.359 e. The van der Waals surface area contributed by atoms with Gasteiger partial charge in [-0.2, -0.15) is 5.10 Å². The van der Waals surface area contributed by atoms with Crippen molar-refractivity contribution in [3.05, 3.63) is 51.8 Å². The zero-order valence-electron chi connectivity index (χ0n) is 11.1. The lowest BCUT2D eigenvalue weighted by atomic mass is 10.2. The molecule has 108 valence electrons. The van der Waals surface area contributed by atoms with Gasteiger partial charge in [0.2, 0.25) is 0 Å². The quantitative estimate of drug-likeness (QED) is 0.359. The Kier molecular flexibility index (Phi) is 4.07. The van der Waals surface area contributed by atoms with Crippen LogP contribution in [-0.2, 0) is 4.74 Å². The number of benzene rings is 1. The van der Waals surface area contributed by atoms with Gasteiger partial charge < -0.3 is 4.74 Å². The third kappa shape index (κ3) is 2.94. The summed E-state index contributed by atoms with van der Waals surface area (Å²) in [5, 5.41) is 14.6. The third-order valence-corrected chi connectivity index (χ3v) is 2.66. The van der Waals surface area contributed by atoms with Gasteiger partial charge in [-0.15, -0.1) is 0 Å². The van der Waals surface area contributed by atoms with Crippen LogP contribution < -0.4 is 0 Å². The zero-order valence-corrected chi connectivity index (χ0v) is 11.1. The van der Waals surface area contributed by atoms with Crippen molar-refractivity contribution in [1.82, 2.24) is 9.78 Å². The van der Waals surface area contributed by atoms with Crippen LogP contribution in [0.3, 0.4) is 0 Å². The fourth-order valence-electron chi connectivity index (χ4n) is 1.69. The highest BCUT2D eigenvalue weighted by Gasteiger charge is 2.18. The second-order valence-corrected chi connectivity index (χ2v) is 3.99. The molecule has 2 rings (SSSR count). The first kappa shape index (κ1) is 14.4. The van der Waals surface area contributed by atoms with Crippen molar-refractivity contribution in [1.29, 1.82) is 0 Å². The Morgan fingerprint density at radius 2 is 2.10 bits per heavy atom. The summed E-state index contributed by atoms with van der Waals surface area (Å²) in [6, 6.07) is 5.55. The number of rotatable bonds is 5. The van der Waals surface area contributed by atoms with Gasteiger partial charge in [0, 0.05) is 18.3 Å². The molecule has 0 N–H and O–H groups in total. The molecule has 0 aliphatic rings. The normalized spacial score (nSPS) is 10.1. The van der Waals surface area contributed by atoms with Gasteiger partial charge >= 0.3 is 5.97 Å². The fraction of sp³-hybridized carbons (Fsp3) is 0.154. The minimum absolute atomic E-state index is 0.0628. The van der Waals surface area contributed by atoms with Crippen molar-refractivity contribution in [2.45, 2.75) is 6.92 Å². The number of non-ortho nitro benzene ring substituents is 1. The van der Waals surface area contributed by atoms with Crippen molar-refractivity contribution in [3.63, 3.8) is 0 Å². The third-order valence-electron chi connectivity index (χ3n) is 2.66. The van der Waals surface area contributed by atoms with Gasteiger partial charge in [0.1, 0.15) is 0 Å². The lowest BCUT2D eigenvalue weighted by Crippen LogP contribution is -2.08. The average Bonchev–Trinajstić information content (AvgIpc) is 2.92. The van der Waals surface area contributed by atoms with Gasteiger partial charge in [-0.25, -0.2) is 9.48 Å². The summed E-state index contributed by atoms with van der Waals surface area (Å²) in [7, 11) is 0. The van der Waals surface area contributed by atoms with Crippen LogP contribution in [0, 0.1) is 10.1 Å². The number of nitrogens with zero attached hydrogens (tertiary/aromatic N) is 3. The van der Waals surface area contributed by atoms with Crippen molar-refractivity contribution in [2.75, 3.05) is 6.61 Å². The summed E-state index contributed by atoms with van der Waals surface area (Å²) in [6.45, 7) is 1.81. The number of aldehydes is 1. The Morgan fingerprint density at radius 1 is 1.43 bits per heavy atom. The van der Waals surface area contributed by atoms with Crippen molar-refractivity contribution in [3.8, 4) is 5.69 Å². The molecule has 0 saturated heterocycles. The summed E-state index contributed by atoms with van der Waals surface area (Å²) < 4.78 is 6.10. The predicted molar refractivity (Wildman–Crippen MR) is 71.6 cm³/mol. The molecule has 0 unspecified atom stereocenters. The van der Waals surface area contributed by atoms with E-state index in [1.807, 2.05) is 0 Å². The lowest BCUT2D eigenvalue weighted by Gasteiger charge is -2.00. The van der Waals surface area contributed by atoms with E-state index in [1.165, 1.54) is 35.1 Å². The number of nitro benzene ring substituents is 1. The van der Waals surface area contributed by atoms with Crippen LogP contribution in [0.15, 0.2) is 30.5 Å². The molecule has 0 atom stereocenters. The van der Waals surface area contributed by atoms with E-state index in [2.05, 4.69) is 5.10 Å². The molecule has 1 heterocycles. The zero-order chi connectivity index (χ0) is 15.4. The topological polar surface area (TPSA) is 104 Å². The van der Waals surface area contributed by atoms with E-state index < -0.39 is 10.9 Å². The van der Waals surface area contributed by atoms with E-state index in [4.69, 9.17) is 4.74 Å². The number of carbonyl (C=O) groups excluding carboxylic acids is 2. The minimum Gasteiger partial charge on any atom is -0.461 e. The highest BCUT2D eigenvalue weighted by Crippen LogP contribution is 2.16. The SMILES string of the molecule is CCOC(=O)c1nn(-c2ccc([N+](=O)[O-])cc2)cc1C=O. The van der Waals surface area contributed by atoms with Crippen LogP contribution in [0.25, 0.3) is 5.69 Å². The van der Waals surface area contributed by atoms with Crippen molar-refractivity contribution in [2.24, 2.45) is 0 Å². The molecule has 1 aromatic carbocycles. The van der Waals surface area contributed by atoms with E-state index in [0.717, 1.165) is 0 Å². The van der Waals surface area contributed by atoms with Crippen LogP contribution in [-0.4, -0.2) is 33.6 Å². The summed E-state index contributed by atoms with van der Waals surface area (Å²) in [5.74, 6) is -0.694. The number of hydrogen-bond donors (Lipinski definition) is 0. The molecule has 8 nitrogen and oxygen atoms in total. The molecule has 1 aromatic heterocycles. The number of aromatic nitrogens is 2. The molecule has 0 fully saturated rings. The Bertz CT molecular complexity index is 690. The molecule has 2 aromatic rings. The van der Waals surface area contributed by atoms with E-state index in [0.29, 0.717) is 12.0 Å². The summed E-state index contributed by atoms with van der Waals surface area (Å²) in [6.07, 6.45) is 1.86. The standard InChI is InChI=1S/C13H11N3O5/c1-2-21-13(18)12-9(8-17)7-15(14-12)10-3-5-11(6-4-10)16(19)20/h3-8H,2H2,1H3. The molecule has 8 heteroatoms. The number of nitro groups is 1. The smallest absolute Gasteiger partial charge is 0.359 e. The molecular formula is C13H11N3O5. The van der Waals surface area contributed by atoms with Crippen LogP contribution in [0.2, 0.25) is 0 Å². The monoisotopic (exact) mass is 289 g/mol. The molecule has 0 spiro atoms. The largest absolute Gasteiger partial charge is 0.461 e. The molecule has 0 bridgehead atoms. The summed E-state index contributed by atoms with van der Waals surface area (Å²) in [5.41, 5.74) is 0.420. The van der Waals surface area contributed by atoms with E-state index >= 15 is 0 Å². The number of carbonyl (C=O) groups is 2. The van der Waals surface area contributed by atoms with Gasteiger partial charge in [-0.1, -0.05) is 0 Å². The molecular weight excluding hydrogens is 278 g/mol.